The molecule has 0 N–H and O–H groups in total. The van der Waals surface area contributed by atoms with Gasteiger partial charge < -0.3 is 18.1 Å². The van der Waals surface area contributed by atoms with Gasteiger partial charge in [0.15, 0.2) is 0 Å². The maximum absolute atomic E-state index is 12.6. The molecule has 6 nitrogen and oxygen atoms in total. The second kappa shape index (κ2) is 16.9. The number of hydrogen-bond donors (Lipinski definition) is 0. The predicted molar refractivity (Wildman–Crippen MR) is 143 cm³/mol. The van der Waals surface area contributed by atoms with Gasteiger partial charge in [-0.05, 0) is 36.4 Å². The molecule has 0 saturated carbocycles. The van der Waals surface area contributed by atoms with Gasteiger partial charge in [0, 0.05) is 6.07 Å². The number of hydrogen-bond acceptors (Lipinski definition) is 6. The molecule has 0 aliphatic rings. The van der Waals surface area contributed by atoms with Gasteiger partial charge in [-0.3, -0.25) is 0 Å². The summed E-state index contributed by atoms with van der Waals surface area (Å²) in [4.78, 5) is 0. The number of rotatable bonds is 8. The second-order valence-corrected chi connectivity index (χ2v) is 9.82. The van der Waals surface area contributed by atoms with E-state index in [-0.39, 0.29) is 11.5 Å². The van der Waals surface area contributed by atoms with Gasteiger partial charge in [-0.2, -0.15) is 0 Å². The first-order valence-electron chi connectivity index (χ1n) is 11.4. The summed E-state index contributed by atoms with van der Waals surface area (Å²) in [5.41, 5.74) is 0. The lowest BCUT2D eigenvalue weighted by molar-refractivity contribution is 0.387. The van der Waals surface area contributed by atoms with Crippen LogP contribution in [0.3, 0.4) is 0 Å². The molecule has 0 spiro atoms. The van der Waals surface area contributed by atoms with Crippen molar-refractivity contribution in [3.8, 4) is 23.0 Å². The van der Waals surface area contributed by atoms with Crippen LogP contribution in [0.5, 0.6) is 23.0 Å². The van der Waals surface area contributed by atoms with E-state index >= 15 is 0 Å². The van der Waals surface area contributed by atoms with E-state index in [4.69, 9.17) is 18.1 Å². The molecule has 0 amide bonds. The summed E-state index contributed by atoms with van der Waals surface area (Å²) in [5.74, 6) is 1.41. The van der Waals surface area contributed by atoms with E-state index < -0.39 is 15.2 Å². The largest absolute Gasteiger partial charge is 0.427 e. The van der Waals surface area contributed by atoms with Crippen molar-refractivity contribution < 1.29 is 27.2 Å². The van der Waals surface area contributed by atoms with Gasteiger partial charge in [0.05, 0.1) is 13.3 Å². The topological polar surface area (TPSA) is 71.1 Å². The quantitative estimate of drug-likeness (QED) is 0.282. The summed E-state index contributed by atoms with van der Waals surface area (Å²) in [6.07, 6.45) is 0. The van der Waals surface area contributed by atoms with Crippen molar-refractivity contribution >= 4 is 15.2 Å². The van der Waals surface area contributed by atoms with Crippen molar-refractivity contribution in [1.29, 1.82) is 0 Å². The summed E-state index contributed by atoms with van der Waals surface area (Å²) < 4.78 is 47.1. The first-order chi connectivity index (χ1) is 16.3. The lowest BCUT2D eigenvalue weighted by atomic mass is 10.3. The van der Waals surface area contributed by atoms with E-state index in [1.165, 1.54) is 19.4 Å². The minimum absolute atomic E-state index is 0.263. The zero-order chi connectivity index (χ0) is 26.0. The highest BCUT2D eigenvalue weighted by Gasteiger charge is 2.23. The molecule has 3 aromatic carbocycles. The summed E-state index contributed by atoms with van der Waals surface area (Å²) in [7, 11) is -6.84. The lowest BCUT2D eigenvalue weighted by Gasteiger charge is -2.18. The standard InChI is InChI=1S/C20H20O6P2.3C2H6/c1-27(21,23-17-10-5-3-6-11-17)25-19-14-9-15-20(16-19)26-28(2,22)24-18-12-7-4-8-13-18;3*1-2/h3-16H,1-2H3;3*1-2H3. The van der Waals surface area contributed by atoms with Crippen LogP contribution in [0.15, 0.2) is 84.9 Å². The highest BCUT2D eigenvalue weighted by Crippen LogP contribution is 2.48. The molecule has 0 aromatic heterocycles. The molecule has 34 heavy (non-hydrogen) atoms. The Hall–Kier alpha value is -2.68. The zero-order valence-corrected chi connectivity index (χ0v) is 23.2. The molecule has 3 aromatic rings. The molecule has 0 aliphatic heterocycles. The van der Waals surface area contributed by atoms with Crippen LogP contribution in [0.4, 0.5) is 0 Å². The summed E-state index contributed by atoms with van der Waals surface area (Å²) >= 11 is 0. The fourth-order valence-corrected chi connectivity index (χ4v) is 4.43. The molecular formula is C26H38O6P2. The zero-order valence-electron chi connectivity index (χ0n) is 21.4. The Morgan fingerprint density at radius 3 is 1.03 bits per heavy atom. The van der Waals surface area contributed by atoms with Crippen molar-refractivity contribution in [2.24, 2.45) is 0 Å². The van der Waals surface area contributed by atoms with Gasteiger partial charge in [0.25, 0.3) is 0 Å². The van der Waals surface area contributed by atoms with Gasteiger partial charge in [0.2, 0.25) is 0 Å². The Balaban J connectivity index is 0.00000168. The maximum atomic E-state index is 12.6. The SMILES string of the molecule is CC.CC.CC.CP(=O)(Oc1ccccc1)Oc1cccc(OP(C)(=O)Oc2ccccc2)c1. The number of para-hydroxylation sites is 2. The molecule has 0 bridgehead atoms. The van der Waals surface area contributed by atoms with E-state index in [1.807, 2.05) is 53.7 Å². The summed E-state index contributed by atoms with van der Waals surface area (Å²) in [6, 6.07) is 23.8. The minimum atomic E-state index is -3.42. The van der Waals surface area contributed by atoms with Gasteiger partial charge in [-0.15, -0.1) is 0 Å². The minimum Gasteiger partial charge on any atom is -0.416 e. The van der Waals surface area contributed by atoms with E-state index in [2.05, 4.69) is 0 Å². The molecular weight excluding hydrogens is 470 g/mol. The normalized spacial score (nSPS) is 12.8. The van der Waals surface area contributed by atoms with Gasteiger partial charge in [0.1, 0.15) is 23.0 Å². The van der Waals surface area contributed by atoms with E-state index in [0.29, 0.717) is 11.5 Å². The van der Waals surface area contributed by atoms with Crippen LogP contribution in [-0.4, -0.2) is 13.3 Å². The first kappa shape index (κ1) is 31.3. The molecule has 2 unspecified atom stereocenters. The average Bonchev–Trinajstić information content (AvgIpc) is 2.83. The van der Waals surface area contributed by atoms with E-state index in [0.717, 1.165) is 0 Å². The molecule has 188 valence electrons. The number of benzene rings is 3. The Morgan fingerprint density at radius 1 is 0.441 bits per heavy atom. The van der Waals surface area contributed by atoms with Crippen molar-refractivity contribution in [1.82, 2.24) is 0 Å². The third kappa shape index (κ3) is 12.5. The second-order valence-electron chi connectivity index (χ2n) is 6.01. The molecule has 2 atom stereocenters. The van der Waals surface area contributed by atoms with Crippen LogP contribution in [-0.2, 0) is 9.13 Å². The molecule has 0 radical (unpaired) electrons. The van der Waals surface area contributed by atoms with Gasteiger partial charge in [-0.25, -0.2) is 9.13 Å². The predicted octanol–water partition coefficient (Wildman–Crippen LogP) is 9.33. The van der Waals surface area contributed by atoms with Crippen molar-refractivity contribution in [2.75, 3.05) is 13.3 Å². The highest BCUT2D eigenvalue weighted by molar-refractivity contribution is 7.54. The first-order valence-corrected chi connectivity index (χ1v) is 15.4. The van der Waals surface area contributed by atoms with Gasteiger partial charge in [-0.1, -0.05) is 84.0 Å². The van der Waals surface area contributed by atoms with Crippen molar-refractivity contribution in [3.05, 3.63) is 84.9 Å². The van der Waals surface area contributed by atoms with Crippen LogP contribution in [0.2, 0.25) is 0 Å². The van der Waals surface area contributed by atoms with Gasteiger partial charge >= 0.3 is 15.2 Å². The Labute approximate surface area is 205 Å². The molecule has 0 saturated heterocycles. The third-order valence-corrected chi connectivity index (χ3v) is 5.55. The van der Waals surface area contributed by atoms with E-state index in [9.17, 15) is 9.13 Å². The van der Waals surface area contributed by atoms with Crippen LogP contribution in [0.1, 0.15) is 41.5 Å². The molecule has 0 fully saturated rings. The van der Waals surface area contributed by atoms with Crippen LogP contribution in [0, 0.1) is 0 Å². The Morgan fingerprint density at radius 2 is 0.706 bits per heavy atom. The summed E-state index contributed by atoms with van der Waals surface area (Å²) in [5, 5.41) is 0. The van der Waals surface area contributed by atoms with Crippen LogP contribution in [0.25, 0.3) is 0 Å². The monoisotopic (exact) mass is 508 g/mol. The third-order valence-electron chi connectivity index (χ3n) is 3.38. The molecule has 3 rings (SSSR count). The van der Waals surface area contributed by atoms with Crippen molar-refractivity contribution in [3.63, 3.8) is 0 Å². The fourth-order valence-electron chi connectivity index (χ4n) is 2.35. The molecule has 0 aliphatic carbocycles. The Kier molecular flexibility index (Phi) is 15.5. The highest BCUT2D eigenvalue weighted by atomic mass is 31.2. The van der Waals surface area contributed by atoms with Crippen LogP contribution >= 0.6 is 15.2 Å². The molecule has 8 heteroatoms. The maximum Gasteiger partial charge on any atom is 0.427 e. The molecule has 0 heterocycles. The fraction of sp³-hybridized carbons (Fsp3) is 0.308. The Bertz CT molecular complexity index is 931. The smallest absolute Gasteiger partial charge is 0.416 e. The van der Waals surface area contributed by atoms with Crippen molar-refractivity contribution in [2.45, 2.75) is 41.5 Å². The van der Waals surface area contributed by atoms with E-state index in [1.54, 1.807) is 66.7 Å². The average molecular weight is 509 g/mol. The van der Waals surface area contributed by atoms with Crippen LogP contribution < -0.4 is 18.1 Å². The summed E-state index contributed by atoms with van der Waals surface area (Å²) in [6.45, 7) is 14.7. The lowest BCUT2D eigenvalue weighted by Crippen LogP contribution is -2.01.